The summed E-state index contributed by atoms with van der Waals surface area (Å²) in [4.78, 5) is 25.0. The summed E-state index contributed by atoms with van der Waals surface area (Å²) < 4.78 is 7.26. The van der Waals surface area contributed by atoms with Crippen molar-refractivity contribution in [3.63, 3.8) is 0 Å². The molecule has 0 aliphatic heterocycles. The van der Waals surface area contributed by atoms with Gasteiger partial charge in [-0.15, -0.1) is 4.91 Å². The molecule has 0 fully saturated rings. The van der Waals surface area contributed by atoms with Crippen LogP contribution in [0.1, 0.15) is 19.0 Å². The predicted molar refractivity (Wildman–Crippen MR) is 72.1 cm³/mol. The molecule has 2 rings (SSSR count). The third-order valence-corrected chi connectivity index (χ3v) is 3.27. The Morgan fingerprint density at radius 2 is 2.32 bits per heavy atom. The van der Waals surface area contributed by atoms with Crippen LogP contribution in [0, 0.1) is 4.91 Å². The number of halogens is 1. The van der Waals surface area contributed by atoms with E-state index in [0.29, 0.717) is 29.6 Å². The van der Waals surface area contributed by atoms with Gasteiger partial charge in [0.1, 0.15) is 18.1 Å². The van der Waals surface area contributed by atoms with Crippen LogP contribution in [0.3, 0.4) is 0 Å². The summed E-state index contributed by atoms with van der Waals surface area (Å²) >= 11 is 3.27. The molecule has 19 heavy (non-hydrogen) atoms. The Hall–Kier alpha value is -1.76. The number of nitroso groups, excluding NO2 is 1. The summed E-state index contributed by atoms with van der Waals surface area (Å²) in [6.45, 7) is 2.17. The van der Waals surface area contributed by atoms with Gasteiger partial charge in [0.2, 0.25) is 0 Å². The molecule has 2 aromatic rings. The van der Waals surface area contributed by atoms with Gasteiger partial charge in [-0.3, -0.25) is 4.79 Å². The first-order valence-electron chi connectivity index (χ1n) is 5.85. The zero-order chi connectivity index (χ0) is 13.8. The molecule has 0 bridgehead atoms. The maximum Gasteiger partial charge on any atom is 0.306 e. The Morgan fingerprint density at radius 3 is 3.00 bits per heavy atom. The van der Waals surface area contributed by atoms with Gasteiger partial charge < -0.3 is 4.74 Å². The number of esters is 1. The standard InChI is InChI=1S/C12H12BrN3O3/c1-2-19-12(17)4-3-8-6-16-7-10(15-18)9(13)5-11(16)14-8/h5-7H,2-4H2,1H3/p+1. The number of pyridine rings is 1. The molecule has 6 nitrogen and oxygen atoms in total. The van der Waals surface area contributed by atoms with Crippen molar-refractivity contribution in [2.45, 2.75) is 19.8 Å². The highest BCUT2D eigenvalue weighted by atomic mass is 79.9. The van der Waals surface area contributed by atoms with Crippen LogP contribution in [-0.2, 0) is 16.0 Å². The van der Waals surface area contributed by atoms with Crippen molar-refractivity contribution in [2.24, 2.45) is 5.18 Å². The predicted octanol–water partition coefficient (Wildman–Crippen LogP) is 2.41. The van der Waals surface area contributed by atoms with E-state index in [9.17, 15) is 9.70 Å². The summed E-state index contributed by atoms with van der Waals surface area (Å²) in [6.07, 6.45) is 4.33. The molecule has 0 unspecified atom stereocenters. The third-order valence-electron chi connectivity index (χ3n) is 2.63. The number of nitrogens with zero attached hydrogens (tertiary/aromatic N) is 2. The van der Waals surface area contributed by atoms with E-state index < -0.39 is 0 Å². The molecule has 2 heterocycles. The van der Waals surface area contributed by atoms with E-state index in [1.54, 1.807) is 23.6 Å². The summed E-state index contributed by atoms with van der Waals surface area (Å²) in [5.41, 5.74) is 2.04. The zero-order valence-corrected chi connectivity index (χ0v) is 11.9. The molecule has 2 aromatic heterocycles. The molecular formula is C12H13BrN3O3+. The van der Waals surface area contributed by atoms with Gasteiger partial charge in [0.25, 0.3) is 5.65 Å². The maximum absolute atomic E-state index is 11.3. The Kier molecular flexibility index (Phi) is 4.26. The number of rotatable bonds is 5. The van der Waals surface area contributed by atoms with Crippen LogP contribution in [0.5, 0.6) is 0 Å². The second-order valence-corrected chi connectivity index (χ2v) is 4.83. The van der Waals surface area contributed by atoms with Crippen molar-refractivity contribution in [3.8, 4) is 0 Å². The van der Waals surface area contributed by atoms with E-state index in [0.717, 1.165) is 11.3 Å². The van der Waals surface area contributed by atoms with Gasteiger partial charge in [-0.05, 0) is 28.0 Å². The van der Waals surface area contributed by atoms with E-state index in [-0.39, 0.29) is 5.97 Å². The Bertz CT molecular complexity index is 624. The van der Waals surface area contributed by atoms with Gasteiger partial charge in [0.15, 0.2) is 5.69 Å². The third kappa shape index (κ3) is 3.17. The van der Waals surface area contributed by atoms with E-state index in [1.807, 2.05) is 6.20 Å². The summed E-state index contributed by atoms with van der Waals surface area (Å²) in [7, 11) is 0. The number of carbonyl (C=O) groups excluding carboxylic acids is 1. The summed E-state index contributed by atoms with van der Waals surface area (Å²) in [5.74, 6) is -0.220. The molecule has 0 aliphatic carbocycles. The fraction of sp³-hybridized carbons (Fsp3) is 0.333. The SMILES string of the molecule is CCOC(=O)CCc1c[n+]2cc(N=O)c(Br)cc2[nH]1. The second-order valence-electron chi connectivity index (χ2n) is 3.97. The van der Waals surface area contributed by atoms with Crippen molar-refractivity contribution in [1.29, 1.82) is 0 Å². The minimum Gasteiger partial charge on any atom is -0.466 e. The first-order valence-corrected chi connectivity index (χ1v) is 6.64. The van der Waals surface area contributed by atoms with Crippen LogP contribution in [0.15, 0.2) is 28.1 Å². The van der Waals surface area contributed by atoms with Gasteiger partial charge in [-0.1, -0.05) is 0 Å². The minimum absolute atomic E-state index is 0.220. The maximum atomic E-state index is 11.3. The van der Waals surface area contributed by atoms with Gasteiger partial charge in [0, 0.05) is 12.5 Å². The van der Waals surface area contributed by atoms with Crippen LogP contribution >= 0.6 is 15.9 Å². The number of hydrogen-bond donors (Lipinski definition) is 1. The first-order chi connectivity index (χ1) is 9.13. The Morgan fingerprint density at radius 1 is 1.53 bits per heavy atom. The minimum atomic E-state index is -0.220. The van der Waals surface area contributed by atoms with Crippen molar-refractivity contribution in [2.75, 3.05) is 6.61 Å². The molecule has 0 atom stereocenters. The Balaban J connectivity index is 2.17. The lowest BCUT2D eigenvalue weighted by molar-refractivity contribution is -0.509. The van der Waals surface area contributed by atoms with Crippen LogP contribution in [-0.4, -0.2) is 17.6 Å². The lowest BCUT2D eigenvalue weighted by Gasteiger charge is -1.97. The van der Waals surface area contributed by atoms with Crippen molar-refractivity contribution < 1.29 is 13.9 Å². The summed E-state index contributed by atoms with van der Waals surface area (Å²) in [6, 6.07) is 1.77. The number of aromatic nitrogens is 2. The van der Waals surface area contributed by atoms with Gasteiger partial charge in [-0.2, -0.15) is 0 Å². The number of carbonyl (C=O) groups is 1. The molecule has 0 amide bonds. The van der Waals surface area contributed by atoms with Crippen LogP contribution < -0.4 is 4.40 Å². The van der Waals surface area contributed by atoms with Crippen molar-refractivity contribution in [3.05, 3.63) is 33.5 Å². The van der Waals surface area contributed by atoms with Crippen LogP contribution in [0.25, 0.3) is 5.65 Å². The number of H-pyrrole nitrogens is 1. The molecular weight excluding hydrogens is 314 g/mol. The normalized spacial score (nSPS) is 10.6. The lowest BCUT2D eigenvalue weighted by Crippen LogP contribution is -2.17. The molecule has 0 saturated carbocycles. The highest BCUT2D eigenvalue weighted by Crippen LogP contribution is 2.23. The van der Waals surface area contributed by atoms with Gasteiger partial charge in [-0.25, -0.2) is 9.38 Å². The van der Waals surface area contributed by atoms with E-state index in [2.05, 4.69) is 26.1 Å². The number of fused-ring (bicyclic) bond motifs is 1. The van der Waals surface area contributed by atoms with Crippen molar-refractivity contribution in [1.82, 2.24) is 4.98 Å². The van der Waals surface area contributed by atoms with E-state index in [1.165, 1.54) is 0 Å². The van der Waals surface area contributed by atoms with Gasteiger partial charge >= 0.3 is 5.97 Å². The molecule has 1 N–H and O–H groups in total. The molecule has 0 spiro atoms. The first kappa shape index (κ1) is 13.7. The van der Waals surface area contributed by atoms with Crippen LogP contribution in [0.4, 0.5) is 5.69 Å². The van der Waals surface area contributed by atoms with E-state index >= 15 is 0 Å². The monoisotopic (exact) mass is 326 g/mol. The number of imidazole rings is 1. The number of hydrogen-bond acceptors (Lipinski definition) is 4. The zero-order valence-electron chi connectivity index (χ0n) is 10.4. The number of ether oxygens (including phenoxy) is 1. The van der Waals surface area contributed by atoms with Crippen molar-refractivity contribution >= 4 is 33.2 Å². The topological polar surface area (TPSA) is 75.6 Å². The molecule has 100 valence electrons. The lowest BCUT2D eigenvalue weighted by atomic mass is 10.2. The molecule has 0 aliphatic rings. The quantitative estimate of drug-likeness (QED) is 0.520. The highest BCUT2D eigenvalue weighted by molar-refractivity contribution is 9.10. The average Bonchev–Trinajstić information content (AvgIpc) is 2.77. The highest BCUT2D eigenvalue weighted by Gasteiger charge is 2.14. The Labute approximate surface area is 117 Å². The largest absolute Gasteiger partial charge is 0.466 e. The average molecular weight is 327 g/mol. The fourth-order valence-electron chi connectivity index (χ4n) is 1.77. The molecule has 0 aromatic carbocycles. The number of aromatic amines is 1. The molecule has 0 radical (unpaired) electrons. The molecule has 0 saturated heterocycles. The molecule has 7 heteroatoms. The number of aryl methyl sites for hydroxylation is 1. The second kappa shape index (κ2) is 5.92. The van der Waals surface area contributed by atoms with Gasteiger partial charge in [0.05, 0.1) is 17.5 Å². The van der Waals surface area contributed by atoms with Crippen LogP contribution in [0.2, 0.25) is 0 Å². The summed E-state index contributed by atoms with van der Waals surface area (Å²) in [5, 5.41) is 2.92. The fourth-order valence-corrected chi connectivity index (χ4v) is 2.16. The number of nitrogens with one attached hydrogen (secondary N) is 1. The van der Waals surface area contributed by atoms with E-state index in [4.69, 9.17) is 4.74 Å². The smallest absolute Gasteiger partial charge is 0.306 e.